The number of methoxy groups -OCH3 is 1. The minimum absolute atomic E-state index is 0.0717. The van der Waals surface area contributed by atoms with E-state index in [-0.39, 0.29) is 17.7 Å². The molecule has 1 atom stereocenters. The Morgan fingerprint density at radius 1 is 1.35 bits per heavy atom. The Bertz CT molecular complexity index is 213. The van der Waals surface area contributed by atoms with Gasteiger partial charge in [-0.25, -0.2) is 0 Å². The van der Waals surface area contributed by atoms with Gasteiger partial charge in [0.15, 0.2) is 0 Å². The standard InChI is InChI=1S/C13H28N2O2/c1-10(2)17-9-12(15-14)13(16-4)7-5-11(3)6-8-13/h10-12,15H,5-9,14H2,1-4H3. The fourth-order valence-electron chi connectivity index (χ4n) is 2.59. The summed E-state index contributed by atoms with van der Waals surface area (Å²) < 4.78 is 11.5. The molecule has 1 aliphatic carbocycles. The van der Waals surface area contributed by atoms with Crippen LogP contribution in [0.1, 0.15) is 46.5 Å². The molecule has 17 heavy (non-hydrogen) atoms. The maximum atomic E-state index is 5.79. The van der Waals surface area contributed by atoms with Crippen LogP contribution in [0, 0.1) is 5.92 Å². The molecule has 0 aromatic rings. The average molecular weight is 244 g/mol. The van der Waals surface area contributed by atoms with Crippen LogP contribution in [0.4, 0.5) is 0 Å². The first kappa shape index (κ1) is 14.9. The molecule has 1 rings (SSSR count). The molecule has 1 unspecified atom stereocenters. The second-order valence-electron chi connectivity index (χ2n) is 5.55. The predicted octanol–water partition coefficient (Wildman–Crippen LogP) is 1.84. The molecule has 0 aromatic carbocycles. The highest BCUT2D eigenvalue weighted by Gasteiger charge is 2.41. The zero-order valence-electron chi connectivity index (χ0n) is 11.7. The van der Waals surface area contributed by atoms with Crippen LogP contribution in [0.3, 0.4) is 0 Å². The van der Waals surface area contributed by atoms with E-state index in [0.29, 0.717) is 6.61 Å². The molecule has 1 fully saturated rings. The molecule has 102 valence electrons. The van der Waals surface area contributed by atoms with Crippen LogP contribution in [-0.2, 0) is 9.47 Å². The Kier molecular flexibility index (Phi) is 5.86. The maximum absolute atomic E-state index is 5.79. The molecular formula is C13H28N2O2. The first-order valence-electron chi connectivity index (χ1n) is 6.67. The molecule has 0 saturated heterocycles. The van der Waals surface area contributed by atoms with Crippen LogP contribution in [0.15, 0.2) is 0 Å². The molecule has 0 radical (unpaired) electrons. The third-order valence-electron chi connectivity index (χ3n) is 3.96. The Balaban J connectivity index is 2.61. The number of hydrogen-bond donors (Lipinski definition) is 2. The molecule has 0 spiro atoms. The number of ether oxygens (including phenoxy) is 2. The summed E-state index contributed by atoms with van der Waals surface area (Å²) in [6, 6.07) is 0.0717. The van der Waals surface area contributed by atoms with Gasteiger partial charge in [-0.2, -0.15) is 0 Å². The van der Waals surface area contributed by atoms with Crippen molar-refractivity contribution in [2.24, 2.45) is 11.8 Å². The summed E-state index contributed by atoms with van der Waals surface area (Å²) in [7, 11) is 1.79. The highest BCUT2D eigenvalue weighted by Crippen LogP contribution is 2.36. The van der Waals surface area contributed by atoms with Gasteiger partial charge < -0.3 is 9.47 Å². The van der Waals surface area contributed by atoms with Gasteiger partial charge in [0, 0.05) is 7.11 Å². The van der Waals surface area contributed by atoms with Crippen LogP contribution < -0.4 is 11.3 Å². The van der Waals surface area contributed by atoms with Gasteiger partial charge in [-0.1, -0.05) is 6.92 Å². The van der Waals surface area contributed by atoms with Gasteiger partial charge in [-0.15, -0.1) is 0 Å². The average Bonchev–Trinajstić information content (AvgIpc) is 2.32. The maximum Gasteiger partial charge on any atom is 0.0867 e. The van der Waals surface area contributed by atoms with Crippen molar-refractivity contribution in [2.75, 3.05) is 13.7 Å². The van der Waals surface area contributed by atoms with Gasteiger partial charge >= 0.3 is 0 Å². The normalized spacial score (nSPS) is 31.8. The second-order valence-corrected chi connectivity index (χ2v) is 5.55. The lowest BCUT2D eigenvalue weighted by Crippen LogP contribution is -2.58. The lowest BCUT2D eigenvalue weighted by Gasteiger charge is -2.43. The summed E-state index contributed by atoms with van der Waals surface area (Å²) in [6.45, 7) is 6.98. The SMILES string of the molecule is COC1(C(COC(C)C)NN)CCC(C)CC1. The summed E-state index contributed by atoms with van der Waals surface area (Å²) in [5, 5.41) is 0. The number of hydrogen-bond acceptors (Lipinski definition) is 4. The molecule has 0 bridgehead atoms. The summed E-state index contributed by atoms with van der Waals surface area (Å²) in [4.78, 5) is 0. The highest BCUT2D eigenvalue weighted by molar-refractivity contribution is 4.95. The molecular weight excluding hydrogens is 216 g/mol. The zero-order chi connectivity index (χ0) is 12.9. The van der Waals surface area contributed by atoms with E-state index in [1.54, 1.807) is 7.11 Å². The van der Waals surface area contributed by atoms with Crippen molar-refractivity contribution in [3.63, 3.8) is 0 Å². The Morgan fingerprint density at radius 2 is 1.94 bits per heavy atom. The number of hydrazine groups is 1. The summed E-state index contributed by atoms with van der Waals surface area (Å²) >= 11 is 0. The third-order valence-corrected chi connectivity index (χ3v) is 3.96. The first-order valence-corrected chi connectivity index (χ1v) is 6.67. The van der Waals surface area contributed by atoms with E-state index < -0.39 is 0 Å². The lowest BCUT2D eigenvalue weighted by molar-refractivity contribution is -0.0975. The fraction of sp³-hybridized carbons (Fsp3) is 1.00. The van der Waals surface area contributed by atoms with Gasteiger partial charge in [0.2, 0.25) is 0 Å². The van der Waals surface area contributed by atoms with Gasteiger partial charge in [0.05, 0.1) is 24.4 Å². The van der Waals surface area contributed by atoms with Crippen LogP contribution >= 0.6 is 0 Å². The largest absolute Gasteiger partial charge is 0.377 e. The number of nitrogens with one attached hydrogen (secondary N) is 1. The third kappa shape index (κ3) is 3.91. The van der Waals surface area contributed by atoms with E-state index in [9.17, 15) is 0 Å². The van der Waals surface area contributed by atoms with Gasteiger partial charge in [-0.05, 0) is 45.4 Å². The van der Waals surface area contributed by atoms with Crippen molar-refractivity contribution >= 4 is 0 Å². The van der Waals surface area contributed by atoms with Crippen molar-refractivity contribution in [2.45, 2.75) is 64.2 Å². The minimum Gasteiger partial charge on any atom is -0.377 e. The summed E-state index contributed by atoms with van der Waals surface area (Å²) in [5.74, 6) is 6.47. The van der Waals surface area contributed by atoms with Crippen molar-refractivity contribution < 1.29 is 9.47 Å². The number of nitrogens with two attached hydrogens (primary N) is 1. The minimum atomic E-state index is -0.157. The molecule has 1 aliphatic rings. The van der Waals surface area contributed by atoms with Crippen LogP contribution in [-0.4, -0.2) is 31.5 Å². The van der Waals surface area contributed by atoms with Crippen LogP contribution in [0.2, 0.25) is 0 Å². The van der Waals surface area contributed by atoms with Crippen molar-refractivity contribution in [1.29, 1.82) is 0 Å². The molecule has 0 heterocycles. The predicted molar refractivity (Wildman–Crippen MR) is 69.6 cm³/mol. The van der Waals surface area contributed by atoms with Crippen molar-refractivity contribution in [3.8, 4) is 0 Å². The van der Waals surface area contributed by atoms with E-state index >= 15 is 0 Å². The van der Waals surface area contributed by atoms with E-state index in [4.69, 9.17) is 15.3 Å². The van der Waals surface area contributed by atoms with Crippen molar-refractivity contribution in [1.82, 2.24) is 5.43 Å². The van der Waals surface area contributed by atoms with E-state index in [2.05, 4.69) is 12.3 Å². The Labute approximate surface area is 105 Å². The monoisotopic (exact) mass is 244 g/mol. The van der Waals surface area contributed by atoms with Crippen LogP contribution in [0.25, 0.3) is 0 Å². The van der Waals surface area contributed by atoms with Gasteiger partial charge in [0.25, 0.3) is 0 Å². The lowest BCUT2D eigenvalue weighted by atomic mass is 9.75. The smallest absolute Gasteiger partial charge is 0.0867 e. The van der Waals surface area contributed by atoms with E-state index in [1.807, 2.05) is 13.8 Å². The molecule has 0 amide bonds. The molecule has 1 saturated carbocycles. The van der Waals surface area contributed by atoms with Gasteiger partial charge in [-0.3, -0.25) is 11.3 Å². The molecule has 4 heteroatoms. The topological polar surface area (TPSA) is 56.5 Å². The summed E-state index contributed by atoms with van der Waals surface area (Å²) in [6.07, 6.45) is 4.74. The summed E-state index contributed by atoms with van der Waals surface area (Å²) in [5.41, 5.74) is 2.73. The Morgan fingerprint density at radius 3 is 2.35 bits per heavy atom. The Hall–Kier alpha value is -0.160. The van der Waals surface area contributed by atoms with E-state index in [0.717, 1.165) is 18.8 Å². The van der Waals surface area contributed by atoms with E-state index in [1.165, 1.54) is 12.8 Å². The van der Waals surface area contributed by atoms with Crippen LogP contribution in [0.5, 0.6) is 0 Å². The highest BCUT2D eigenvalue weighted by atomic mass is 16.5. The molecule has 0 aliphatic heterocycles. The quantitative estimate of drug-likeness (QED) is 0.553. The van der Waals surface area contributed by atoms with Crippen molar-refractivity contribution in [3.05, 3.63) is 0 Å². The fourth-order valence-corrected chi connectivity index (χ4v) is 2.59. The van der Waals surface area contributed by atoms with Gasteiger partial charge in [0.1, 0.15) is 0 Å². The zero-order valence-corrected chi connectivity index (χ0v) is 11.7. The molecule has 4 nitrogen and oxygen atoms in total. The first-order chi connectivity index (χ1) is 8.04. The second kappa shape index (κ2) is 6.69. The molecule has 3 N–H and O–H groups in total. The molecule has 0 aromatic heterocycles. The number of rotatable bonds is 6.